The molecule has 0 aliphatic carbocycles. The Hall–Kier alpha value is -1.52. The van der Waals surface area contributed by atoms with Crippen LogP contribution in [0.1, 0.15) is 25.6 Å². The molecule has 136 valence electrons. The predicted octanol–water partition coefficient (Wildman–Crippen LogP) is -1.23. The summed E-state index contributed by atoms with van der Waals surface area (Å²) >= 11 is 0. The maximum absolute atomic E-state index is 12.2. The van der Waals surface area contributed by atoms with Crippen LogP contribution in [0.4, 0.5) is 0 Å². The van der Waals surface area contributed by atoms with Gasteiger partial charge in [0.2, 0.25) is 0 Å². The monoisotopic (exact) mass is 344 g/mol. The number of nitrogens with one attached hydrogen (secondary N) is 1. The van der Waals surface area contributed by atoms with Crippen LogP contribution in [0.15, 0.2) is 15.8 Å². The van der Waals surface area contributed by atoms with E-state index in [0.717, 1.165) is 0 Å². The molecular weight excluding hydrogens is 320 g/mol. The molecule has 1 saturated heterocycles. The van der Waals surface area contributed by atoms with Crippen LogP contribution in [0.25, 0.3) is 0 Å². The molecule has 9 nitrogen and oxygen atoms in total. The second-order valence-corrected chi connectivity index (χ2v) is 5.78. The van der Waals surface area contributed by atoms with E-state index >= 15 is 0 Å². The number of H-pyrrole nitrogens is 1. The van der Waals surface area contributed by atoms with Gasteiger partial charge in [0.25, 0.3) is 5.56 Å². The van der Waals surface area contributed by atoms with E-state index in [1.54, 1.807) is 13.8 Å². The second kappa shape index (κ2) is 8.04. The van der Waals surface area contributed by atoms with Gasteiger partial charge in [-0.25, -0.2) is 4.79 Å². The number of aromatic nitrogens is 2. The molecule has 0 spiro atoms. The summed E-state index contributed by atoms with van der Waals surface area (Å²) in [5.74, 6) is 0. The van der Waals surface area contributed by atoms with Crippen LogP contribution in [0.5, 0.6) is 0 Å². The number of nitrogens with zero attached hydrogens (tertiary/aromatic N) is 1. The number of hydrogen-bond donors (Lipinski definition) is 3. The molecule has 0 aromatic carbocycles. The third-order valence-electron chi connectivity index (χ3n) is 3.98. The van der Waals surface area contributed by atoms with E-state index < -0.39 is 42.4 Å². The number of hydrogen-bond acceptors (Lipinski definition) is 7. The van der Waals surface area contributed by atoms with Crippen LogP contribution in [0.2, 0.25) is 0 Å². The zero-order valence-electron chi connectivity index (χ0n) is 14.0. The van der Waals surface area contributed by atoms with Gasteiger partial charge in [0.15, 0.2) is 6.23 Å². The largest absolute Gasteiger partial charge is 0.394 e. The van der Waals surface area contributed by atoms with Crippen LogP contribution in [0.3, 0.4) is 0 Å². The standard InChI is InChI=1S/C15H24N2O7/c1-4-9-5-17(15(21)16-13(9)20)14-12(23-8(2)7-22-3)11(19)10(6-18)24-14/h5,8,10-12,14,18-19H,4,6-7H2,1-3H3,(H,16,20,21). The lowest BCUT2D eigenvalue weighted by atomic mass is 10.1. The van der Waals surface area contributed by atoms with Crippen molar-refractivity contribution in [1.29, 1.82) is 0 Å². The molecule has 1 aliphatic rings. The lowest BCUT2D eigenvalue weighted by Crippen LogP contribution is -2.42. The summed E-state index contributed by atoms with van der Waals surface area (Å²) in [6.45, 7) is 3.41. The number of ether oxygens (including phenoxy) is 3. The Kier molecular flexibility index (Phi) is 6.30. The third kappa shape index (κ3) is 3.76. The van der Waals surface area contributed by atoms with Gasteiger partial charge in [0.1, 0.15) is 18.3 Å². The maximum Gasteiger partial charge on any atom is 0.330 e. The van der Waals surface area contributed by atoms with Crippen LogP contribution >= 0.6 is 0 Å². The smallest absolute Gasteiger partial charge is 0.330 e. The summed E-state index contributed by atoms with van der Waals surface area (Å²) < 4.78 is 17.5. The normalized spacial score (nSPS) is 28.2. The van der Waals surface area contributed by atoms with Crippen molar-refractivity contribution in [2.45, 2.75) is 50.9 Å². The van der Waals surface area contributed by atoms with Crippen molar-refractivity contribution >= 4 is 0 Å². The van der Waals surface area contributed by atoms with Gasteiger partial charge >= 0.3 is 5.69 Å². The highest BCUT2D eigenvalue weighted by Crippen LogP contribution is 2.31. The number of aliphatic hydroxyl groups excluding tert-OH is 2. The quantitative estimate of drug-likeness (QED) is 0.566. The molecule has 1 aromatic heterocycles. The summed E-state index contributed by atoms with van der Waals surface area (Å²) in [6, 6.07) is 0. The van der Waals surface area contributed by atoms with Gasteiger partial charge in [-0.05, 0) is 13.3 Å². The number of rotatable bonds is 7. The summed E-state index contributed by atoms with van der Waals surface area (Å²) in [4.78, 5) is 26.1. The summed E-state index contributed by atoms with van der Waals surface area (Å²) in [5.41, 5.74) is -0.717. The summed E-state index contributed by atoms with van der Waals surface area (Å²) in [6.07, 6.45) is -2.40. The van der Waals surface area contributed by atoms with Crippen LogP contribution in [-0.2, 0) is 20.6 Å². The minimum atomic E-state index is -1.12. The SMILES string of the molecule is CCc1cn(C2OC(CO)C(O)C2OC(C)COC)c(=O)[nH]c1=O. The predicted molar refractivity (Wildman–Crippen MR) is 83.9 cm³/mol. The van der Waals surface area contributed by atoms with E-state index in [1.807, 2.05) is 0 Å². The fourth-order valence-corrected chi connectivity index (χ4v) is 2.75. The Labute approximate surface area is 138 Å². The average molecular weight is 344 g/mol. The van der Waals surface area contributed by atoms with Gasteiger partial charge in [-0.3, -0.25) is 14.3 Å². The first-order valence-corrected chi connectivity index (χ1v) is 7.86. The Bertz CT molecular complexity index is 656. The van der Waals surface area contributed by atoms with Crippen molar-refractivity contribution in [1.82, 2.24) is 9.55 Å². The topological polar surface area (TPSA) is 123 Å². The molecule has 3 N–H and O–H groups in total. The Balaban J connectivity index is 2.38. The molecule has 5 unspecified atom stereocenters. The first kappa shape index (κ1) is 18.8. The molecule has 1 aromatic rings. The molecule has 0 amide bonds. The van der Waals surface area contributed by atoms with Crippen LogP contribution in [-0.4, -0.2) is 64.5 Å². The van der Waals surface area contributed by atoms with E-state index in [2.05, 4.69) is 4.98 Å². The van der Waals surface area contributed by atoms with Gasteiger partial charge in [-0.2, -0.15) is 0 Å². The van der Waals surface area contributed by atoms with E-state index in [4.69, 9.17) is 14.2 Å². The van der Waals surface area contributed by atoms with Gasteiger partial charge in [0, 0.05) is 18.9 Å². The van der Waals surface area contributed by atoms with Crippen molar-refractivity contribution < 1.29 is 24.4 Å². The van der Waals surface area contributed by atoms with Gasteiger partial charge < -0.3 is 24.4 Å². The zero-order chi connectivity index (χ0) is 17.9. The van der Waals surface area contributed by atoms with Gasteiger partial charge in [-0.1, -0.05) is 6.92 Å². The molecule has 0 saturated carbocycles. The highest BCUT2D eigenvalue weighted by molar-refractivity contribution is 5.05. The fraction of sp³-hybridized carbons (Fsp3) is 0.733. The van der Waals surface area contributed by atoms with Gasteiger partial charge in [0.05, 0.1) is 19.3 Å². The van der Waals surface area contributed by atoms with Crippen molar-refractivity contribution in [2.24, 2.45) is 0 Å². The molecule has 9 heteroatoms. The minimum absolute atomic E-state index is 0.292. The van der Waals surface area contributed by atoms with Crippen molar-refractivity contribution in [2.75, 3.05) is 20.3 Å². The van der Waals surface area contributed by atoms with Crippen molar-refractivity contribution in [3.8, 4) is 0 Å². The first-order chi connectivity index (χ1) is 11.4. The number of methoxy groups -OCH3 is 1. The zero-order valence-corrected chi connectivity index (χ0v) is 14.0. The first-order valence-electron chi connectivity index (χ1n) is 7.86. The number of aromatic amines is 1. The number of aryl methyl sites for hydroxylation is 1. The minimum Gasteiger partial charge on any atom is -0.394 e. The summed E-state index contributed by atoms with van der Waals surface area (Å²) in [5, 5.41) is 19.7. The summed E-state index contributed by atoms with van der Waals surface area (Å²) in [7, 11) is 1.52. The van der Waals surface area contributed by atoms with E-state index in [1.165, 1.54) is 17.9 Å². The molecule has 2 rings (SSSR count). The molecule has 1 fully saturated rings. The Morgan fingerprint density at radius 3 is 2.75 bits per heavy atom. The molecule has 24 heavy (non-hydrogen) atoms. The highest BCUT2D eigenvalue weighted by atomic mass is 16.6. The lowest BCUT2D eigenvalue weighted by molar-refractivity contribution is -0.111. The molecule has 0 bridgehead atoms. The van der Waals surface area contributed by atoms with E-state index in [9.17, 15) is 19.8 Å². The molecule has 5 atom stereocenters. The maximum atomic E-state index is 12.2. The van der Waals surface area contributed by atoms with E-state index in [0.29, 0.717) is 18.6 Å². The Morgan fingerprint density at radius 2 is 2.17 bits per heavy atom. The van der Waals surface area contributed by atoms with Crippen molar-refractivity contribution in [3.63, 3.8) is 0 Å². The van der Waals surface area contributed by atoms with Crippen LogP contribution in [0, 0.1) is 0 Å². The highest BCUT2D eigenvalue weighted by Gasteiger charge is 2.46. The average Bonchev–Trinajstić information content (AvgIpc) is 2.84. The van der Waals surface area contributed by atoms with Crippen molar-refractivity contribution in [3.05, 3.63) is 32.6 Å². The fourth-order valence-electron chi connectivity index (χ4n) is 2.75. The van der Waals surface area contributed by atoms with Crippen LogP contribution < -0.4 is 11.2 Å². The molecule has 2 heterocycles. The third-order valence-corrected chi connectivity index (χ3v) is 3.98. The van der Waals surface area contributed by atoms with Gasteiger partial charge in [-0.15, -0.1) is 0 Å². The van der Waals surface area contributed by atoms with E-state index in [-0.39, 0.29) is 6.10 Å². The number of aliphatic hydroxyl groups is 2. The Morgan fingerprint density at radius 1 is 1.46 bits per heavy atom. The molecular formula is C15H24N2O7. The molecule has 0 radical (unpaired) electrons. The second-order valence-electron chi connectivity index (χ2n) is 5.78. The lowest BCUT2D eigenvalue weighted by Gasteiger charge is -2.25. The molecule has 1 aliphatic heterocycles.